The molecule has 108 valence electrons. The highest BCUT2D eigenvalue weighted by Crippen LogP contribution is 2.27. The van der Waals surface area contributed by atoms with E-state index in [-0.39, 0.29) is 0 Å². The third-order valence-corrected chi connectivity index (χ3v) is 4.05. The number of hydrogen-bond donors (Lipinski definition) is 1. The number of hydrogen-bond acceptors (Lipinski definition) is 3. The average molecular weight is 273 g/mol. The summed E-state index contributed by atoms with van der Waals surface area (Å²) in [5.41, 5.74) is 1.13. The lowest BCUT2D eigenvalue weighted by atomic mass is 9.96. The number of nitrogens with one attached hydrogen (secondary N) is 1. The maximum atomic E-state index is 5.31. The Kier molecular flexibility index (Phi) is 4.53. The SMILES string of the molecule is c1coc(CCNCc2ccn(C3CCCCC3)n2)c1. The van der Waals surface area contributed by atoms with Crippen LogP contribution < -0.4 is 5.32 Å². The summed E-state index contributed by atoms with van der Waals surface area (Å²) < 4.78 is 7.48. The van der Waals surface area contributed by atoms with Crippen LogP contribution in [0.25, 0.3) is 0 Å². The van der Waals surface area contributed by atoms with E-state index in [1.165, 1.54) is 32.1 Å². The summed E-state index contributed by atoms with van der Waals surface area (Å²) in [4.78, 5) is 0. The summed E-state index contributed by atoms with van der Waals surface area (Å²) in [5, 5.41) is 8.12. The number of furan rings is 1. The molecule has 0 saturated heterocycles. The fourth-order valence-electron chi connectivity index (χ4n) is 2.90. The second-order valence-corrected chi connectivity index (χ2v) is 5.59. The summed E-state index contributed by atoms with van der Waals surface area (Å²) in [6, 6.07) is 6.70. The Bertz CT molecular complexity index is 498. The van der Waals surface area contributed by atoms with Crippen LogP contribution in [0.1, 0.15) is 49.6 Å². The van der Waals surface area contributed by atoms with E-state index in [0.29, 0.717) is 6.04 Å². The van der Waals surface area contributed by atoms with Crippen molar-refractivity contribution in [3.63, 3.8) is 0 Å². The van der Waals surface area contributed by atoms with E-state index in [2.05, 4.69) is 22.3 Å². The summed E-state index contributed by atoms with van der Waals surface area (Å²) in [5.74, 6) is 1.03. The molecule has 3 rings (SSSR count). The van der Waals surface area contributed by atoms with Crippen molar-refractivity contribution in [2.24, 2.45) is 0 Å². The van der Waals surface area contributed by atoms with Gasteiger partial charge in [0.2, 0.25) is 0 Å². The van der Waals surface area contributed by atoms with Crippen LogP contribution >= 0.6 is 0 Å². The molecule has 1 aliphatic carbocycles. The monoisotopic (exact) mass is 273 g/mol. The normalized spacial score (nSPS) is 16.6. The highest BCUT2D eigenvalue weighted by atomic mass is 16.3. The van der Waals surface area contributed by atoms with Crippen LogP contribution in [-0.4, -0.2) is 16.3 Å². The van der Waals surface area contributed by atoms with Crippen LogP contribution in [0.4, 0.5) is 0 Å². The van der Waals surface area contributed by atoms with Crippen molar-refractivity contribution >= 4 is 0 Å². The van der Waals surface area contributed by atoms with Gasteiger partial charge in [-0.25, -0.2) is 0 Å². The zero-order valence-corrected chi connectivity index (χ0v) is 11.9. The molecule has 1 aliphatic rings. The predicted molar refractivity (Wildman–Crippen MR) is 78.5 cm³/mol. The number of rotatable bonds is 6. The van der Waals surface area contributed by atoms with Gasteiger partial charge in [0, 0.05) is 25.7 Å². The van der Waals surface area contributed by atoms with E-state index in [4.69, 9.17) is 9.52 Å². The second kappa shape index (κ2) is 6.75. The molecule has 20 heavy (non-hydrogen) atoms. The third kappa shape index (κ3) is 3.51. The molecular formula is C16H23N3O. The lowest BCUT2D eigenvalue weighted by Gasteiger charge is -2.21. The van der Waals surface area contributed by atoms with Crippen molar-refractivity contribution in [2.45, 2.75) is 51.1 Å². The molecule has 2 aromatic heterocycles. The number of nitrogens with zero attached hydrogens (tertiary/aromatic N) is 2. The molecular weight excluding hydrogens is 250 g/mol. The summed E-state index contributed by atoms with van der Waals surface area (Å²) >= 11 is 0. The van der Waals surface area contributed by atoms with Crippen LogP contribution in [0.5, 0.6) is 0 Å². The molecule has 2 aromatic rings. The quantitative estimate of drug-likeness (QED) is 0.821. The van der Waals surface area contributed by atoms with Gasteiger partial charge in [0.05, 0.1) is 18.0 Å². The molecule has 0 spiro atoms. The Morgan fingerprint density at radius 3 is 2.95 bits per heavy atom. The van der Waals surface area contributed by atoms with E-state index in [1.807, 2.05) is 12.1 Å². The van der Waals surface area contributed by atoms with Crippen molar-refractivity contribution in [3.05, 3.63) is 42.1 Å². The van der Waals surface area contributed by atoms with Crippen LogP contribution in [0.2, 0.25) is 0 Å². The molecule has 2 heterocycles. The number of aromatic nitrogens is 2. The first-order valence-corrected chi connectivity index (χ1v) is 7.69. The lowest BCUT2D eigenvalue weighted by Crippen LogP contribution is -2.18. The van der Waals surface area contributed by atoms with E-state index < -0.39 is 0 Å². The first-order valence-electron chi connectivity index (χ1n) is 7.69. The van der Waals surface area contributed by atoms with Crippen molar-refractivity contribution in [1.82, 2.24) is 15.1 Å². The van der Waals surface area contributed by atoms with Gasteiger partial charge in [0.15, 0.2) is 0 Å². The summed E-state index contributed by atoms with van der Waals surface area (Å²) in [6.45, 7) is 1.75. The van der Waals surface area contributed by atoms with Gasteiger partial charge in [0.25, 0.3) is 0 Å². The first-order chi connectivity index (χ1) is 9.92. The minimum absolute atomic E-state index is 0.626. The van der Waals surface area contributed by atoms with Gasteiger partial charge in [0.1, 0.15) is 5.76 Å². The molecule has 0 aliphatic heterocycles. The Balaban J connectivity index is 1.42. The first kappa shape index (κ1) is 13.4. The molecule has 4 heteroatoms. The summed E-state index contributed by atoms with van der Waals surface area (Å²) in [7, 11) is 0. The van der Waals surface area contributed by atoms with Crippen molar-refractivity contribution in [3.8, 4) is 0 Å². The Labute approximate surface area is 120 Å². The highest BCUT2D eigenvalue weighted by molar-refractivity contribution is 5.01. The zero-order chi connectivity index (χ0) is 13.6. The standard InChI is InChI=1S/C16H23N3O/c1-2-5-15(6-3-1)19-11-9-14(18-19)13-17-10-8-16-7-4-12-20-16/h4,7,9,11-12,15,17H,1-3,5-6,8,10,13H2. The second-order valence-electron chi connectivity index (χ2n) is 5.59. The Morgan fingerprint density at radius 1 is 1.25 bits per heavy atom. The Hall–Kier alpha value is -1.55. The van der Waals surface area contributed by atoms with Crippen molar-refractivity contribution in [2.75, 3.05) is 6.54 Å². The van der Waals surface area contributed by atoms with E-state index in [1.54, 1.807) is 6.26 Å². The maximum Gasteiger partial charge on any atom is 0.105 e. The molecule has 0 aromatic carbocycles. The lowest BCUT2D eigenvalue weighted by molar-refractivity contribution is 0.327. The molecule has 0 amide bonds. The van der Waals surface area contributed by atoms with E-state index >= 15 is 0 Å². The van der Waals surface area contributed by atoms with Crippen LogP contribution in [0, 0.1) is 0 Å². The van der Waals surface area contributed by atoms with E-state index in [9.17, 15) is 0 Å². The highest BCUT2D eigenvalue weighted by Gasteiger charge is 2.15. The van der Waals surface area contributed by atoms with Crippen LogP contribution in [-0.2, 0) is 13.0 Å². The van der Waals surface area contributed by atoms with Crippen LogP contribution in [0.15, 0.2) is 35.1 Å². The largest absolute Gasteiger partial charge is 0.469 e. The van der Waals surface area contributed by atoms with Gasteiger partial charge in [-0.3, -0.25) is 4.68 Å². The minimum Gasteiger partial charge on any atom is -0.469 e. The van der Waals surface area contributed by atoms with Gasteiger partial charge in [-0.15, -0.1) is 0 Å². The van der Waals surface area contributed by atoms with E-state index in [0.717, 1.165) is 31.0 Å². The Morgan fingerprint density at radius 2 is 2.15 bits per heavy atom. The van der Waals surface area contributed by atoms with Gasteiger partial charge >= 0.3 is 0 Å². The molecule has 0 unspecified atom stereocenters. The van der Waals surface area contributed by atoms with Gasteiger partial charge in [-0.1, -0.05) is 19.3 Å². The molecule has 0 bridgehead atoms. The van der Waals surface area contributed by atoms with Crippen LogP contribution in [0.3, 0.4) is 0 Å². The molecule has 4 nitrogen and oxygen atoms in total. The van der Waals surface area contributed by atoms with Crippen molar-refractivity contribution in [1.29, 1.82) is 0 Å². The van der Waals surface area contributed by atoms with Gasteiger partial charge < -0.3 is 9.73 Å². The minimum atomic E-state index is 0.626. The average Bonchev–Trinajstić information content (AvgIpc) is 3.16. The van der Waals surface area contributed by atoms with Gasteiger partial charge in [-0.05, 0) is 31.0 Å². The molecule has 1 N–H and O–H groups in total. The summed E-state index contributed by atoms with van der Waals surface area (Å²) in [6.07, 6.45) is 11.4. The fraction of sp³-hybridized carbons (Fsp3) is 0.562. The molecule has 0 atom stereocenters. The van der Waals surface area contributed by atoms with Gasteiger partial charge in [-0.2, -0.15) is 5.10 Å². The molecule has 1 fully saturated rings. The van der Waals surface area contributed by atoms with Crippen molar-refractivity contribution < 1.29 is 4.42 Å². The smallest absolute Gasteiger partial charge is 0.105 e. The molecule has 1 saturated carbocycles. The molecule has 0 radical (unpaired) electrons. The predicted octanol–water partition coefficient (Wildman–Crippen LogP) is 3.31. The third-order valence-electron chi connectivity index (χ3n) is 4.05. The topological polar surface area (TPSA) is 43.0 Å². The zero-order valence-electron chi connectivity index (χ0n) is 11.9. The maximum absolute atomic E-state index is 5.31. The fourth-order valence-corrected chi connectivity index (χ4v) is 2.90.